The molecule has 1 fully saturated rings. The van der Waals surface area contributed by atoms with Gasteiger partial charge in [0.2, 0.25) is 5.91 Å². The molecule has 3 aromatic rings. The third-order valence-electron chi connectivity index (χ3n) is 7.15. The number of piperidine rings is 1. The topological polar surface area (TPSA) is 77.6 Å². The summed E-state index contributed by atoms with van der Waals surface area (Å²) in [6.45, 7) is 3.01. The molecule has 0 spiro atoms. The number of fused-ring (bicyclic) bond motifs is 2. The minimum absolute atomic E-state index is 0.253. The molecule has 1 aliphatic heterocycles. The number of nitrogens with zero attached hydrogens (tertiary/aromatic N) is 2. The first-order valence-corrected chi connectivity index (χ1v) is 11.4. The molecule has 0 unspecified atom stereocenters. The van der Waals surface area contributed by atoms with Crippen LogP contribution in [0.1, 0.15) is 57.1 Å². The Bertz CT molecular complexity index is 1190. The van der Waals surface area contributed by atoms with Gasteiger partial charge in [0, 0.05) is 54.9 Å². The largest absolute Gasteiger partial charge is 0.496 e. The van der Waals surface area contributed by atoms with Gasteiger partial charge in [0.1, 0.15) is 5.75 Å². The molecular weight excluding hydrogens is 402 g/mol. The van der Waals surface area contributed by atoms with E-state index in [4.69, 9.17) is 10.5 Å². The van der Waals surface area contributed by atoms with E-state index < -0.39 is 0 Å². The van der Waals surface area contributed by atoms with E-state index in [0.717, 1.165) is 67.5 Å². The van der Waals surface area contributed by atoms with Crippen LogP contribution in [0, 0.1) is 0 Å². The van der Waals surface area contributed by atoms with Gasteiger partial charge < -0.3 is 19.9 Å². The van der Waals surface area contributed by atoms with Crippen molar-refractivity contribution in [1.82, 2.24) is 9.47 Å². The zero-order valence-corrected chi connectivity index (χ0v) is 18.5. The molecule has 2 aromatic carbocycles. The molecule has 6 nitrogen and oxygen atoms in total. The lowest BCUT2D eigenvalue weighted by atomic mass is 9.98. The van der Waals surface area contributed by atoms with Gasteiger partial charge in [0.15, 0.2) is 5.78 Å². The Balaban J connectivity index is 1.26. The number of primary amides is 1. The van der Waals surface area contributed by atoms with Crippen LogP contribution in [-0.2, 0) is 12.8 Å². The van der Waals surface area contributed by atoms with Crippen molar-refractivity contribution < 1.29 is 14.3 Å². The summed E-state index contributed by atoms with van der Waals surface area (Å²) in [5.74, 6) is 0.763. The number of ether oxygens (including phenoxy) is 1. The minimum atomic E-state index is -0.390. The van der Waals surface area contributed by atoms with Crippen LogP contribution in [0.4, 0.5) is 0 Å². The second-order valence-corrected chi connectivity index (χ2v) is 8.88. The van der Waals surface area contributed by atoms with Gasteiger partial charge in [-0.3, -0.25) is 9.59 Å². The van der Waals surface area contributed by atoms with Crippen LogP contribution < -0.4 is 10.5 Å². The van der Waals surface area contributed by atoms with Crippen molar-refractivity contribution in [1.29, 1.82) is 0 Å². The predicted octanol–water partition coefficient (Wildman–Crippen LogP) is 3.76. The van der Waals surface area contributed by atoms with Crippen LogP contribution in [0.15, 0.2) is 42.6 Å². The average Bonchev–Trinajstić information content (AvgIpc) is 3.41. The third kappa shape index (κ3) is 3.69. The molecule has 32 heavy (non-hydrogen) atoms. The van der Waals surface area contributed by atoms with Crippen LogP contribution in [-0.4, -0.2) is 47.9 Å². The van der Waals surface area contributed by atoms with E-state index in [-0.39, 0.29) is 11.7 Å². The molecular formula is C26H29N3O3. The van der Waals surface area contributed by atoms with E-state index in [1.165, 1.54) is 11.1 Å². The van der Waals surface area contributed by atoms with Crippen molar-refractivity contribution in [2.75, 3.05) is 26.7 Å². The molecule has 2 N–H and O–H groups in total. The molecule has 2 heterocycles. The summed E-state index contributed by atoms with van der Waals surface area (Å²) in [4.78, 5) is 26.2. The number of carbonyl (C=O) groups is 2. The van der Waals surface area contributed by atoms with Crippen LogP contribution in [0.25, 0.3) is 10.9 Å². The summed E-state index contributed by atoms with van der Waals surface area (Å²) >= 11 is 0. The quantitative estimate of drug-likeness (QED) is 0.645. The molecule has 1 amide bonds. The molecule has 166 valence electrons. The zero-order valence-electron chi connectivity index (χ0n) is 18.5. The lowest BCUT2D eigenvalue weighted by Crippen LogP contribution is -2.36. The minimum Gasteiger partial charge on any atom is -0.496 e. The first-order chi connectivity index (χ1) is 15.5. The van der Waals surface area contributed by atoms with Crippen molar-refractivity contribution in [3.8, 4) is 5.75 Å². The second kappa shape index (κ2) is 8.43. The third-order valence-corrected chi connectivity index (χ3v) is 7.15. The molecule has 1 aliphatic carbocycles. The maximum absolute atomic E-state index is 12.1. The number of Topliss-reactive ketones (excluding diaryl/α,β-unsaturated/α-hetero) is 1. The highest BCUT2D eigenvalue weighted by Gasteiger charge is 2.26. The number of benzene rings is 2. The molecule has 0 radical (unpaired) electrons. The number of ketones is 1. The van der Waals surface area contributed by atoms with Gasteiger partial charge in [-0.25, -0.2) is 0 Å². The smallest absolute Gasteiger partial charge is 0.248 e. The molecule has 1 saturated heterocycles. The van der Waals surface area contributed by atoms with E-state index in [1.54, 1.807) is 13.2 Å². The number of methoxy groups -OCH3 is 1. The van der Waals surface area contributed by atoms with Gasteiger partial charge in [0.25, 0.3) is 0 Å². The number of hydrogen-bond acceptors (Lipinski definition) is 4. The van der Waals surface area contributed by atoms with Crippen LogP contribution >= 0.6 is 0 Å². The summed E-state index contributed by atoms with van der Waals surface area (Å²) in [5, 5.41) is 1.14. The Morgan fingerprint density at radius 3 is 2.69 bits per heavy atom. The molecule has 0 saturated carbocycles. The maximum atomic E-state index is 12.1. The fraction of sp³-hybridized carbons (Fsp3) is 0.385. The fourth-order valence-corrected chi connectivity index (χ4v) is 5.37. The Hall–Kier alpha value is -3.12. The summed E-state index contributed by atoms with van der Waals surface area (Å²) in [6.07, 6.45) is 6.60. The van der Waals surface area contributed by atoms with Gasteiger partial charge in [-0.05, 0) is 72.5 Å². The lowest BCUT2D eigenvalue weighted by molar-refractivity contribution is 0.0988. The average molecular weight is 432 g/mol. The normalized spacial score (nSPS) is 17.1. The second-order valence-electron chi connectivity index (χ2n) is 8.88. The van der Waals surface area contributed by atoms with Crippen molar-refractivity contribution in [3.05, 3.63) is 64.8 Å². The van der Waals surface area contributed by atoms with Gasteiger partial charge >= 0.3 is 0 Å². The Labute approximate surface area is 187 Å². The number of amides is 1. The van der Waals surface area contributed by atoms with Crippen LogP contribution in [0.2, 0.25) is 0 Å². The molecule has 2 aliphatic rings. The first-order valence-electron chi connectivity index (χ1n) is 11.4. The number of rotatable bonds is 6. The molecule has 1 aromatic heterocycles. The molecule has 6 heteroatoms. The highest BCUT2D eigenvalue weighted by atomic mass is 16.5. The summed E-state index contributed by atoms with van der Waals surface area (Å²) in [5.41, 5.74) is 10.4. The number of likely N-dealkylation sites (tertiary alicyclic amines) is 1. The number of aromatic nitrogens is 1. The van der Waals surface area contributed by atoms with Gasteiger partial charge in [-0.2, -0.15) is 0 Å². The van der Waals surface area contributed by atoms with Crippen molar-refractivity contribution in [2.45, 2.75) is 38.1 Å². The van der Waals surface area contributed by atoms with E-state index in [2.05, 4.69) is 21.7 Å². The van der Waals surface area contributed by atoms with Crippen molar-refractivity contribution >= 4 is 22.6 Å². The van der Waals surface area contributed by atoms with Gasteiger partial charge in [-0.1, -0.05) is 6.07 Å². The summed E-state index contributed by atoms with van der Waals surface area (Å²) in [7, 11) is 1.71. The van der Waals surface area contributed by atoms with Crippen molar-refractivity contribution in [2.24, 2.45) is 5.73 Å². The van der Waals surface area contributed by atoms with E-state index >= 15 is 0 Å². The molecule has 0 bridgehead atoms. The summed E-state index contributed by atoms with van der Waals surface area (Å²) < 4.78 is 7.92. The number of nitrogens with two attached hydrogens (primary N) is 1. The number of carbonyl (C=O) groups excluding carboxylic acids is 2. The first kappa shape index (κ1) is 20.8. The summed E-state index contributed by atoms with van der Waals surface area (Å²) in [6, 6.07) is 12.1. The molecule has 0 atom stereocenters. The zero-order chi connectivity index (χ0) is 22.2. The standard InChI is InChI=1S/C26H29N3O3/c1-32-25-7-5-21-20(4-6-24(21)30)22(25)11-14-28-12-9-19(10-13-28)29-15-8-17-2-3-18(26(27)31)16-23(17)29/h2-3,5,7-8,15-16,19H,4,6,9-14H2,1H3,(H2,27,31). The van der Waals surface area contributed by atoms with Crippen LogP contribution in [0.3, 0.4) is 0 Å². The van der Waals surface area contributed by atoms with Crippen molar-refractivity contribution in [3.63, 3.8) is 0 Å². The van der Waals surface area contributed by atoms with E-state index in [9.17, 15) is 9.59 Å². The Morgan fingerprint density at radius 1 is 1.12 bits per heavy atom. The Kier molecular flexibility index (Phi) is 5.47. The lowest BCUT2D eigenvalue weighted by Gasteiger charge is -2.33. The van der Waals surface area contributed by atoms with Gasteiger partial charge in [0.05, 0.1) is 7.11 Å². The number of hydrogen-bond donors (Lipinski definition) is 1. The highest BCUT2D eigenvalue weighted by molar-refractivity contribution is 6.01. The SMILES string of the molecule is COc1ccc2c(c1CCN1CCC(n3ccc4ccc(C(N)=O)cc43)CC1)CCC2=O. The molecule has 5 rings (SSSR count). The monoisotopic (exact) mass is 431 g/mol. The Morgan fingerprint density at radius 2 is 1.94 bits per heavy atom. The maximum Gasteiger partial charge on any atom is 0.248 e. The van der Waals surface area contributed by atoms with E-state index in [1.807, 2.05) is 24.3 Å². The van der Waals surface area contributed by atoms with Crippen LogP contribution in [0.5, 0.6) is 5.75 Å². The van der Waals surface area contributed by atoms with Gasteiger partial charge in [-0.15, -0.1) is 0 Å². The van der Waals surface area contributed by atoms with E-state index in [0.29, 0.717) is 18.0 Å². The predicted molar refractivity (Wildman–Crippen MR) is 125 cm³/mol. The highest BCUT2D eigenvalue weighted by Crippen LogP contribution is 2.33. The fourth-order valence-electron chi connectivity index (χ4n) is 5.37.